The predicted molar refractivity (Wildman–Crippen MR) is 56.1 cm³/mol. The number of rotatable bonds is 3. The first-order chi connectivity index (χ1) is 7.51. The van der Waals surface area contributed by atoms with E-state index in [-0.39, 0.29) is 28.0 Å². The number of methoxy groups -OCH3 is 1. The second-order valence-corrected chi connectivity index (χ2v) is 3.65. The number of nitrogens with zero attached hydrogens (tertiary/aromatic N) is 1. The van der Waals surface area contributed by atoms with E-state index in [0.717, 1.165) is 13.2 Å². The molecule has 0 radical (unpaired) electrons. The van der Waals surface area contributed by atoms with E-state index in [1.807, 2.05) is 0 Å². The van der Waals surface area contributed by atoms with Gasteiger partial charge in [0, 0.05) is 16.6 Å². The van der Waals surface area contributed by atoms with Crippen LogP contribution in [0.25, 0.3) is 0 Å². The molecule has 1 rings (SSSR count). The van der Waals surface area contributed by atoms with Gasteiger partial charge in [0.2, 0.25) is 0 Å². The summed E-state index contributed by atoms with van der Waals surface area (Å²) in [7, 11) is 1.15. The van der Waals surface area contributed by atoms with Gasteiger partial charge in [0.1, 0.15) is 5.69 Å². The minimum atomic E-state index is -2.72. The summed E-state index contributed by atoms with van der Waals surface area (Å²) in [6.07, 6.45) is -2.72. The first kappa shape index (κ1) is 13.0. The maximum Gasteiger partial charge on any atom is 0.356 e. The molecule has 0 fully saturated rings. The maximum atomic E-state index is 12.6. The van der Waals surface area contributed by atoms with Crippen LogP contribution in [0.3, 0.4) is 0 Å². The van der Waals surface area contributed by atoms with Crippen LogP contribution in [0.5, 0.6) is 0 Å². The van der Waals surface area contributed by atoms with E-state index < -0.39 is 12.4 Å². The molecule has 0 amide bonds. The van der Waals surface area contributed by atoms with E-state index >= 15 is 0 Å². The Morgan fingerprint density at radius 3 is 2.75 bits per heavy atom. The van der Waals surface area contributed by atoms with E-state index in [0.29, 0.717) is 0 Å². The van der Waals surface area contributed by atoms with Gasteiger partial charge in [-0.15, -0.1) is 0 Å². The molecule has 4 nitrogen and oxygen atoms in total. The van der Waals surface area contributed by atoms with Crippen LogP contribution in [0.1, 0.15) is 28.2 Å². The molecule has 7 heteroatoms. The van der Waals surface area contributed by atoms with Gasteiger partial charge < -0.3 is 10.5 Å². The molecule has 16 heavy (non-hydrogen) atoms. The van der Waals surface area contributed by atoms with Crippen molar-refractivity contribution in [2.75, 3.05) is 7.11 Å². The number of pyridine rings is 1. The molecule has 0 aromatic carbocycles. The van der Waals surface area contributed by atoms with Crippen molar-refractivity contribution in [2.24, 2.45) is 5.73 Å². The fourth-order valence-electron chi connectivity index (χ4n) is 1.11. The van der Waals surface area contributed by atoms with Crippen LogP contribution in [0, 0.1) is 0 Å². The first-order valence-electron chi connectivity index (χ1n) is 4.27. The summed E-state index contributed by atoms with van der Waals surface area (Å²) in [4.78, 5) is 15.0. The molecule has 0 bridgehead atoms. The Hall–Kier alpha value is -1.08. The molecule has 0 unspecified atom stereocenters. The van der Waals surface area contributed by atoms with Gasteiger partial charge in [-0.05, 0) is 22.0 Å². The quantitative estimate of drug-likeness (QED) is 0.866. The van der Waals surface area contributed by atoms with Gasteiger partial charge in [0.15, 0.2) is 0 Å². The van der Waals surface area contributed by atoms with Crippen LogP contribution < -0.4 is 5.73 Å². The van der Waals surface area contributed by atoms with Gasteiger partial charge in [0.05, 0.1) is 12.8 Å². The lowest BCUT2D eigenvalue weighted by molar-refractivity contribution is 0.0593. The number of hydrogen-bond donors (Lipinski definition) is 1. The number of carbonyl (C=O) groups excluding carboxylic acids is 1. The number of aromatic nitrogens is 1. The Bertz CT molecular complexity index is 413. The monoisotopic (exact) mass is 294 g/mol. The molecule has 0 aliphatic rings. The zero-order chi connectivity index (χ0) is 12.3. The Balaban J connectivity index is 3.34. The Morgan fingerprint density at radius 1 is 1.69 bits per heavy atom. The van der Waals surface area contributed by atoms with Crippen molar-refractivity contribution in [1.29, 1.82) is 0 Å². The van der Waals surface area contributed by atoms with E-state index in [1.165, 1.54) is 0 Å². The highest BCUT2D eigenvalue weighted by atomic mass is 79.9. The number of alkyl halides is 2. The highest BCUT2D eigenvalue weighted by Crippen LogP contribution is 2.30. The van der Waals surface area contributed by atoms with Crippen molar-refractivity contribution in [3.8, 4) is 0 Å². The van der Waals surface area contributed by atoms with E-state index in [4.69, 9.17) is 5.73 Å². The van der Waals surface area contributed by atoms with E-state index in [9.17, 15) is 13.6 Å². The minimum Gasteiger partial charge on any atom is -0.464 e. The molecule has 2 N–H and O–H groups in total. The van der Waals surface area contributed by atoms with Crippen molar-refractivity contribution < 1.29 is 18.3 Å². The fraction of sp³-hybridized carbons (Fsp3) is 0.333. The molecule has 0 saturated heterocycles. The van der Waals surface area contributed by atoms with Crippen molar-refractivity contribution in [1.82, 2.24) is 4.98 Å². The van der Waals surface area contributed by atoms with Gasteiger partial charge >= 0.3 is 5.97 Å². The number of esters is 1. The highest BCUT2D eigenvalue weighted by Gasteiger charge is 2.20. The van der Waals surface area contributed by atoms with Gasteiger partial charge in [-0.3, -0.25) is 0 Å². The van der Waals surface area contributed by atoms with Crippen LogP contribution in [-0.4, -0.2) is 18.1 Å². The number of ether oxygens (including phenoxy) is 1. The zero-order valence-corrected chi connectivity index (χ0v) is 9.92. The molecular weight excluding hydrogens is 286 g/mol. The largest absolute Gasteiger partial charge is 0.464 e. The zero-order valence-electron chi connectivity index (χ0n) is 8.34. The summed E-state index contributed by atoms with van der Waals surface area (Å²) in [5, 5.41) is 0. The van der Waals surface area contributed by atoms with Crippen molar-refractivity contribution >= 4 is 21.9 Å². The number of nitrogens with two attached hydrogens (primary N) is 1. The molecule has 0 aliphatic carbocycles. The van der Waals surface area contributed by atoms with Crippen LogP contribution in [0.2, 0.25) is 0 Å². The molecule has 1 aromatic rings. The van der Waals surface area contributed by atoms with E-state index in [1.54, 1.807) is 0 Å². The molecule has 88 valence electrons. The minimum absolute atomic E-state index is 0.0505. The summed E-state index contributed by atoms with van der Waals surface area (Å²) >= 11 is 2.97. The SMILES string of the molecule is COC(=O)c1cc(C(F)F)c(Br)c(CN)n1. The second kappa shape index (κ2) is 5.31. The normalized spacial score (nSPS) is 10.6. The summed E-state index contributed by atoms with van der Waals surface area (Å²) in [5.74, 6) is -0.774. The topological polar surface area (TPSA) is 65.2 Å². The second-order valence-electron chi connectivity index (χ2n) is 2.85. The van der Waals surface area contributed by atoms with Gasteiger partial charge in [-0.25, -0.2) is 18.6 Å². The average molecular weight is 295 g/mol. The summed E-state index contributed by atoms with van der Waals surface area (Å²) in [6, 6.07) is 0.986. The average Bonchev–Trinajstić information content (AvgIpc) is 2.27. The van der Waals surface area contributed by atoms with Crippen molar-refractivity contribution in [2.45, 2.75) is 13.0 Å². The van der Waals surface area contributed by atoms with Crippen molar-refractivity contribution in [3.63, 3.8) is 0 Å². The Labute approximate surface area is 98.9 Å². The van der Waals surface area contributed by atoms with Crippen LogP contribution >= 0.6 is 15.9 Å². The molecule has 1 heterocycles. The molecule has 0 aliphatic heterocycles. The van der Waals surface area contributed by atoms with Gasteiger partial charge in [0.25, 0.3) is 6.43 Å². The Kier molecular flexibility index (Phi) is 4.31. The summed E-state index contributed by atoms with van der Waals surface area (Å²) < 4.78 is 29.8. The molecule has 1 aromatic heterocycles. The van der Waals surface area contributed by atoms with Crippen LogP contribution in [0.15, 0.2) is 10.5 Å². The third-order valence-corrected chi connectivity index (χ3v) is 2.79. The summed E-state index contributed by atoms with van der Waals surface area (Å²) in [5.41, 5.74) is 5.03. The first-order valence-corrected chi connectivity index (χ1v) is 5.06. The highest BCUT2D eigenvalue weighted by molar-refractivity contribution is 9.10. The van der Waals surface area contributed by atoms with E-state index in [2.05, 4.69) is 25.7 Å². The van der Waals surface area contributed by atoms with Crippen LogP contribution in [-0.2, 0) is 11.3 Å². The molecule has 0 saturated carbocycles. The standard InChI is InChI=1S/C9H9BrF2N2O2/c1-16-9(15)5-2-4(8(11)12)7(10)6(3-13)14-5/h2,8H,3,13H2,1H3. The Morgan fingerprint density at radius 2 is 2.31 bits per heavy atom. The lowest BCUT2D eigenvalue weighted by atomic mass is 10.2. The predicted octanol–water partition coefficient (Wildman–Crippen LogP) is 2.03. The van der Waals surface area contributed by atoms with Gasteiger partial charge in [-0.1, -0.05) is 0 Å². The number of hydrogen-bond acceptors (Lipinski definition) is 4. The summed E-state index contributed by atoms with van der Waals surface area (Å²) in [6.45, 7) is -0.0505. The lowest BCUT2D eigenvalue weighted by Gasteiger charge is -2.09. The lowest BCUT2D eigenvalue weighted by Crippen LogP contribution is -2.11. The number of carbonyl (C=O) groups is 1. The fourth-order valence-corrected chi connectivity index (χ4v) is 1.65. The van der Waals surface area contributed by atoms with Crippen molar-refractivity contribution in [3.05, 3.63) is 27.5 Å². The van der Waals surface area contributed by atoms with Gasteiger partial charge in [-0.2, -0.15) is 0 Å². The molecule has 0 spiro atoms. The third kappa shape index (κ3) is 2.53. The van der Waals surface area contributed by atoms with Crippen LogP contribution in [0.4, 0.5) is 8.78 Å². The smallest absolute Gasteiger partial charge is 0.356 e. The molecule has 0 atom stereocenters. The number of halogens is 3. The third-order valence-electron chi connectivity index (χ3n) is 1.88. The molecular formula is C9H9BrF2N2O2. The maximum absolute atomic E-state index is 12.6.